The van der Waals surface area contributed by atoms with Crippen molar-refractivity contribution in [1.29, 1.82) is 0 Å². The predicted molar refractivity (Wildman–Crippen MR) is 161 cm³/mol. The summed E-state index contributed by atoms with van der Waals surface area (Å²) in [5.41, 5.74) is 12.4. The number of Topliss-reactive ketones (excluding diaryl/α,β-unsaturated/α-hetero) is 2. The van der Waals surface area contributed by atoms with E-state index in [4.69, 9.17) is 0 Å². The molecule has 37 heavy (non-hydrogen) atoms. The molecule has 0 spiro atoms. The molecule has 0 N–H and O–H groups in total. The molecule has 0 bridgehead atoms. The molecule has 2 aliphatic carbocycles. The van der Waals surface area contributed by atoms with Gasteiger partial charge in [0.1, 0.15) is 0 Å². The normalized spacial score (nSPS) is 18.1. The Morgan fingerprint density at radius 1 is 0.486 bits per heavy atom. The summed E-state index contributed by atoms with van der Waals surface area (Å²) in [6, 6.07) is 4.51. The fourth-order valence-electron chi connectivity index (χ4n) is 5.65. The van der Waals surface area contributed by atoms with Gasteiger partial charge in [0.15, 0.2) is 11.6 Å². The number of ketones is 2. The smallest absolute Gasteiger partial charge is 0.184 e. The molecule has 3 rings (SSSR count). The van der Waals surface area contributed by atoms with Gasteiger partial charge < -0.3 is 0 Å². The van der Waals surface area contributed by atoms with E-state index in [1.54, 1.807) is 0 Å². The Labute approximate surface area is 228 Å². The van der Waals surface area contributed by atoms with Crippen LogP contribution in [0, 0.1) is 10.8 Å². The third-order valence-electron chi connectivity index (χ3n) is 8.21. The molecule has 0 fully saturated rings. The molecule has 1 aromatic rings. The van der Waals surface area contributed by atoms with Crippen molar-refractivity contribution in [1.82, 2.24) is 0 Å². The van der Waals surface area contributed by atoms with Crippen LogP contribution in [0.4, 0.5) is 0 Å². The van der Waals surface area contributed by atoms with Crippen LogP contribution in [-0.4, -0.2) is 11.6 Å². The van der Waals surface area contributed by atoms with Crippen molar-refractivity contribution in [2.24, 2.45) is 10.8 Å². The van der Waals surface area contributed by atoms with Crippen LogP contribution in [0.2, 0.25) is 0 Å². The molecule has 0 saturated carbocycles. The fourth-order valence-corrected chi connectivity index (χ4v) is 7.18. The van der Waals surface area contributed by atoms with Gasteiger partial charge in [0.05, 0.1) is 0 Å². The van der Waals surface area contributed by atoms with Gasteiger partial charge >= 0.3 is 0 Å². The molecule has 3 heteroatoms. The lowest BCUT2D eigenvalue weighted by Crippen LogP contribution is -2.19. The average molecular weight is 517 g/mol. The van der Waals surface area contributed by atoms with Crippen LogP contribution in [0.15, 0.2) is 67.9 Å². The number of thiophene rings is 1. The van der Waals surface area contributed by atoms with E-state index in [-0.39, 0.29) is 22.4 Å². The summed E-state index contributed by atoms with van der Waals surface area (Å²) in [6.45, 7) is 29.8. The number of carbonyl (C=O) groups excluding carboxylic acids is 2. The maximum Gasteiger partial charge on any atom is 0.184 e. The molecular formula is C34H44O2S. The second-order valence-corrected chi connectivity index (χ2v) is 13.9. The van der Waals surface area contributed by atoms with E-state index >= 15 is 0 Å². The minimum absolute atomic E-state index is 0.119. The summed E-state index contributed by atoms with van der Waals surface area (Å²) in [5, 5.41) is 0. The van der Waals surface area contributed by atoms with Gasteiger partial charge in [-0.15, -0.1) is 11.3 Å². The maximum atomic E-state index is 12.8. The standard InChI is InChI=1S/C34H44O2S/c1-17-21(5)31(35)22(6)18(2)27(17)29(33(9,10)11)25-15-16-26(37-25)30(34(12,13)14)28-19(3)23(7)32(36)24(8)20(28)4/h15-16H,1-14H3. The Kier molecular flexibility index (Phi) is 7.58. The van der Waals surface area contributed by atoms with E-state index in [2.05, 4.69) is 81.4 Å². The van der Waals surface area contributed by atoms with Crippen LogP contribution >= 0.6 is 11.3 Å². The highest BCUT2D eigenvalue weighted by atomic mass is 32.1. The Morgan fingerprint density at radius 3 is 0.946 bits per heavy atom. The Balaban J connectivity index is 2.42. The zero-order valence-corrected chi connectivity index (χ0v) is 26.2. The van der Waals surface area contributed by atoms with Gasteiger partial charge in [-0.2, -0.15) is 0 Å². The Hall–Kier alpha value is -2.52. The van der Waals surface area contributed by atoms with Gasteiger partial charge in [0.25, 0.3) is 0 Å². The molecule has 2 nitrogen and oxygen atoms in total. The minimum Gasteiger partial charge on any atom is -0.289 e. The van der Waals surface area contributed by atoms with Crippen molar-refractivity contribution in [3.05, 3.63) is 77.6 Å². The molecule has 0 amide bonds. The van der Waals surface area contributed by atoms with E-state index in [0.717, 1.165) is 44.6 Å². The molecule has 0 unspecified atom stereocenters. The highest BCUT2D eigenvalue weighted by molar-refractivity contribution is 7.14. The van der Waals surface area contributed by atoms with Crippen LogP contribution in [0.1, 0.15) is 107 Å². The van der Waals surface area contributed by atoms with Crippen molar-refractivity contribution in [3.8, 4) is 0 Å². The largest absolute Gasteiger partial charge is 0.289 e. The molecule has 2 aliphatic rings. The lowest BCUT2D eigenvalue weighted by Gasteiger charge is -2.31. The van der Waals surface area contributed by atoms with E-state index in [9.17, 15) is 9.59 Å². The SMILES string of the molecule is CC1=C(C)C(=C(c2ccc(C(=C3C(C)=C(C)C(=O)C(C)=C3C)C(C)(C)C)s2)C(C)(C)C)C(C)=C(C)C1=O. The number of carbonyl (C=O) groups is 2. The topological polar surface area (TPSA) is 34.1 Å². The summed E-state index contributed by atoms with van der Waals surface area (Å²) < 4.78 is 0. The number of rotatable bonds is 2. The van der Waals surface area contributed by atoms with E-state index in [1.807, 2.05) is 39.0 Å². The van der Waals surface area contributed by atoms with Crippen LogP contribution < -0.4 is 0 Å². The fraction of sp³-hybridized carbons (Fsp3) is 0.471. The zero-order chi connectivity index (χ0) is 28.4. The lowest BCUT2D eigenvalue weighted by molar-refractivity contribution is -0.113. The summed E-state index contributed by atoms with van der Waals surface area (Å²) in [6.07, 6.45) is 0. The lowest BCUT2D eigenvalue weighted by atomic mass is 9.74. The maximum absolute atomic E-state index is 12.8. The van der Waals surface area contributed by atoms with Gasteiger partial charge in [-0.25, -0.2) is 0 Å². The van der Waals surface area contributed by atoms with Gasteiger partial charge in [-0.1, -0.05) is 41.5 Å². The zero-order valence-electron chi connectivity index (χ0n) is 25.4. The third kappa shape index (κ3) is 4.88. The molecule has 0 aliphatic heterocycles. The second-order valence-electron chi connectivity index (χ2n) is 12.8. The van der Waals surface area contributed by atoms with Crippen molar-refractivity contribution in [3.63, 3.8) is 0 Å². The molecule has 1 heterocycles. The molecule has 1 aromatic heterocycles. The first-order valence-corrected chi connectivity index (χ1v) is 14.0. The second kappa shape index (κ2) is 9.66. The highest BCUT2D eigenvalue weighted by Gasteiger charge is 2.34. The Morgan fingerprint density at radius 2 is 0.730 bits per heavy atom. The molecular weight excluding hydrogens is 472 g/mol. The van der Waals surface area contributed by atoms with Gasteiger partial charge in [0.2, 0.25) is 0 Å². The van der Waals surface area contributed by atoms with Crippen molar-refractivity contribution >= 4 is 34.0 Å². The quantitative estimate of drug-likeness (QED) is 0.392. The molecule has 0 radical (unpaired) electrons. The molecule has 0 aromatic carbocycles. The molecule has 198 valence electrons. The Bertz CT molecular complexity index is 1240. The number of allylic oxidation sites excluding steroid dienone is 12. The van der Waals surface area contributed by atoms with Crippen molar-refractivity contribution in [2.75, 3.05) is 0 Å². The first-order valence-electron chi connectivity index (χ1n) is 13.2. The van der Waals surface area contributed by atoms with Gasteiger partial charge in [-0.05, 0) is 123 Å². The highest BCUT2D eigenvalue weighted by Crippen LogP contribution is 2.50. The van der Waals surface area contributed by atoms with E-state index in [1.165, 1.54) is 32.0 Å². The predicted octanol–water partition coefficient (Wildman–Crippen LogP) is 9.86. The summed E-state index contributed by atoms with van der Waals surface area (Å²) in [7, 11) is 0. The van der Waals surface area contributed by atoms with Crippen molar-refractivity contribution < 1.29 is 9.59 Å². The van der Waals surface area contributed by atoms with Crippen molar-refractivity contribution in [2.45, 2.75) is 96.9 Å². The van der Waals surface area contributed by atoms with Crippen LogP contribution in [-0.2, 0) is 9.59 Å². The van der Waals surface area contributed by atoms with E-state index < -0.39 is 0 Å². The average Bonchev–Trinajstić information content (AvgIpc) is 3.25. The monoisotopic (exact) mass is 516 g/mol. The molecule has 0 atom stereocenters. The molecule has 0 saturated heterocycles. The van der Waals surface area contributed by atoms with Crippen LogP contribution in [0.25, 0.3) is 11.1 Å². The summed E-state index contributed by atoms with van der Waals surface area (Å²) in [5.74, 6) is 0.307. The minimum atomic E-state index is -0.119. The summed E-state index contributed by atoms with van der Waals surface area (Å²) in [4.78, 5) is 28.2. The number of hydrogen-bond acceptors (Lipinski definition) is 3. The van der Waals surface area contributed by atoms with Gasteiger partial charge in [0, 0.05) is 32.0 Å². The first kappa shape index (κ1) is 29.0. The number of hydrogen-bond donors (Lipinski definition) is 0. The third-order valence-corrected chi connectivity index (χ3v) is 9.33. The van der Waals surface area contributed by atoms with Crippen LogP contribution in [0.3, 0.4) is 0 Å². The van der Waals surface area contributed by atoms with E-state index in [0.29, 0.717) is 0 Å². The van der Waals surface area contributed by atoms with Crippen LogP contribution in [0.5, 0.6) is 0 Å². The van der Waals surface area contributed by atoms with Gasteiger partial charge in [-0.3, -0.25) is 9.59 Å². The summed E-state index contributed by atoms with van der Waals surface area (Å²) >= 11 is 1.83. The first-order chi connectivity index (χ1) is 16.8.